The van der Waals surface area contributed by atoms with Gasteiger partial charge in [-0.05, 0) is 13.8 Å². The maximum atomic E-state index is 5.93. The molecule has 1 unspecified atom stereocenters. The van der Waals surface area contributed by atoms with E-state index in [0.717, 1.165) is 50.1 Å². The minimum Gasteiger partial charge on any atom is -0.378 e. The lowest BCUT2D eigenvalue weighted by Gasteiger charge is -2.40. The Kier molecular flexibility index (Phi) is 2.95. The van der Waals surface area contributed by atoms with Gasteiger partial charge in [-0.2, -0.15) is 0 Å². The Labute approximate surface area is 107 Å². The Bertz CT molecular complexity index is 424. The third-order valence-corrected chi connectivity index (χ3v) is 3.59. The predicted molar refractivity (Wildman–Crippen MR) is 67.8 cm³/mol. The maximum Gasteiger partial charge on any atom is 0.132 e. The first-order valence-electron chi connectivity index (χ1n) is 6.46. The topological polar surface area (TPSA) is 47.5 Å². The zero-order chi connectivity index (χ0) is 12.6. The van der Waals surface area contributed by atoms with Crippen molar-refractivity contribution in [3.05, 3.63) is 17.6 Å². The van der Waals surface area contributed by atoms with Gasteiger partial charge < -0.3 is 14.4 Å². The van der Waals surface area contributed by atoms with Crippen LogP contribution in [-0.2, 0) is 9.47 Å². The molecule has 3 rings (SSSR count). The van der Waals surface area contributed by atoms with Crippen molar-refractivity contribution < 1.29 is 9.47 Å². The fourth-order valence-electron chi connectivity index (χ4n) is 2.73. The molecule has 0 saturated carbocycles. The fourth-order valence-corrected chi connectivity index (χ4v) is 2.73. The lowest BCUT2D eigenvalue weighted by atomic mass is 10.0. The number of ether oxygens (including phenoxy) is 2. The minimum atomic E-state index is -0.120. The summed E-state index contributed by atoms with van der Waals surface area (Å²) in [5, 5.41) is 0. The number of nitrogens with zero attached hydrogens (tertiary/aromatic N) is 3. The first kappa shape index (κ1) is 11.9. The third kappa shape index (κ3) is 2.20. The number of hydrogen-bond donors (Lipinski definition) is 0. The van der Waals surface area contributed by atoms with E-state index >= 15 is 0 Å². The van der Waals surface area contributed by atoms with Crippen LogP contribution in [0.15, 0.2) is 6.07 Å². The number of aryl methyl sites for hydroxylation is 2. The van der Waals surface area contributed by atoms with E-state index in [1.165, 1.54) is 0 Å². The van der Waals surface area contributed by atoms with Crippen LogP contribution in [0.25, 0.3) is 0 Å². The molecule has 2 aliphatic heterocycles. The molecule has 2 aliphatic rings. The summed E-state index contributed by atoms with van der Waals surface area (Å²) in [7, 11) is 0. The van der Waals surface area contributed by atoms with Gasteiger partial charge in [-0.25, -0.2) is 9.97 Å². The van der Waals surface area contributed by atoms with Crippen LogP contribution in [0, 0.1) is 13.8 Å². The second kappa shape index (κ2) is 4.48. The minimum absolute atomic E-state index is 0.120. The highest BCUT2D eigenvalue weighted by Crippen LogP contribution is 2.29. The number of rotatable bonds is 1. The van der Waals surface area contributed by atoms with Gasteiger partial charge in [0, 0.05) is 31.3 Å². The lowest BCUT2D eigenvalue weighted by molar-refractivity contribution is -0.0581. The van der Waals surface area contributed by atoms with Crippen LogP contribution < -0.4 is 4.90 Å². The molecule has 2 fully saturated rings. The SMILES string of the molecule is Cc1cc(N2CCOC3(CCOC3)C2)nc(C)n1. The largest absolute Gasteiger partial charge is 0.378 e. The van der Waals surface area contributed by atoms with Gasteiger partial charge in [0.1, 0.15) is 17.2 Å². The van der Waals surface area contributed by atoms with Crippen LogP contribution in [0.4, 0.5) is 5.82 Å². The smallest absolute Gasteiger partial charge is 0.132 e. The highest BCUT2D eigenvalue weighted by atomic mass is 16.6. The number of aromatic nitrogens is 2. The first-order chi connectivity index (χ1) is 8.67. The van der Waals surface area contributed by atoms with E-state index < -0.39 is 0 Å². The Morgan fingerprint density at radius 1 is 1.28 bits per heavy atom. The van der Waals surface area contributed by atoms with Crippen molar-refractivity contribution >= 4 is 5.82 Å². The normalized spacial score (nSPS) is 28.0. The molecule has 5 heteroatoms. The third-order valence-electron chi connectivity index (χ3n) is 3.59. The van der Waals surface area contributed by atoms with E-state index in [1.807, 2.05) is 19.9 Å². The zero-order valence-electron chi connectivity index (χ0n) is 11.0. The summed E-state index contributed by atoms with van der Waals surface area (Å²) in [6.07, 6.45) is 0.979. The van der Waals surface area contributed by atoms with Crippen molar-refractivity contribution in [2.45, 2.75) is 25.9 Å². The Balaban J connectivity index is 1.83. The molecule has 2 saturated heterocycles. The van der Waals surface area contributed by atoms with Crippen molar-refractivity contribution in [3.8, 4) is 0 Å². The van der Waals surface area contributed by atoms with Gasteiger partial charge in [-0.3, -0.25) is 0 Å². The average Bonchev–Trinajstić information content (AvgIpc) is 2.76. The number of hydrogen-bond acceptors (Lipinski definition) is 5. The molecule has 0 bridgehead atoms. The summed E-state index contributed by atoms with van der Waals surface area (Å²) in [5.74, 6) is 1.84. The molecule has 1 spiro atoms. The molecule has 0 N–H and O–H groups in total. The standard InChI is InChI=1S/C13H19N3O2/c1-10-7-12(15-11(2)14-10)16-4-6-18-13(8-16)3-5-17-9-13/h7H,3-6,8-9H2,1-2H3. The highest BCUT2D eigenvalue weighted by Gasteiger charge is 2.40. The van der Waals surface area contributed by atoms with E-state index in [2.05, 4.69) is 14.9 Å². The summed E-state index contributed by atoms with van der Waals surface area (Å²) in [4.78, 5) is 11.1. The zero-order valence-corrected chi connectivity index (χ0v) is 11.0. The van der Waals surface area contributed by atoms with Gasteiger partial charge in [0.2, 0.25) is 0 Å². The molecule has 0 aromatic carbocycles. The van der Waals surface area contributed by atoms with Crippen LogP contribution in [-0.4, -0.2) is 48.5 Å². The van der Waals surface area contributed by atoms with Gasteiger partial charge in [0.25, 0.3) is 0 Å². The Morgan fingerprint density at radius 3 is 2.89 bits per heavy atom. The van der Waals surface area contributed by atoms with Crippen LogP contribution in [0.5, 0.6) is 0 Å². The molecular formula is C13H19N3O2. The van der Waals surface area contributed by atoms with Gasteiger partial charge in [0.05, 0.1) is 19.8 Å². The summed E-state index contributed by atoms with van der Waals surface area (Å²) < 4.78 is 11.4. The van der Waals surface area contributed by atoms with Crippen molar-refractivity contribution in [2.75, 3.05) is 37.8 Å². The van der Waals surface area contributed by atoms with Crippen LogP contribution in [0.3, 0.4) is 0 Å². The van der Waals surface area contributed by atoms with Crippen LogP contribution >= 0.6 is 0 Å². The van der Waals surface area contributed by atoms with E-state index in [9.17, 15) is 0 Å². The molecule has 1 atom stereocenters. The van der Waals surface area contributed by atoms with E-state index in [4.69, 9.17) is 9.47 Å². The fraction of sp³-hybridized carbons (Fsp3) is 0.692. The molecule has 1 aromatic heterocycles. The van der Waals surface area contributed by atoms with Crippen molar-refractivity contribution in [1.82, 2.24) is 9.97 Å². The van der Waals surface area contributed by atoms with Gasteiger partial charge in [-0.15, -0.1) is 0 Å². The molecule has 18 heavy (non-hydrogen) atoms. The molecule has 0 amide bonds. The van der Waals surface area contributed by atoms with E-state index in [0.29, 0.717) is 6.61 Å². The maximum absolute atomic E-state index is 5.93. The average molecular weight is 249 g/mol. The lowest BCUT2D eigenvalue weighted by Crippen LogP contribution is -2.52. The monoisotopic (exact) mass is 249 g/mol. The molecule has 0 aliphatic carbocycles. The molecular weight excluding hydrogens is 230 g/mol. The summed E-state index contributed by atoms with van der Waals surface area (Å²) in [6.45, 7) is 7.94. The first-order valence-corrected chi connectivity index (χ1v) is 6.46. The van der Waals surface area contributed by atoms with Crippen molar-refractivity contribution in [3.63, 3.8) is 0 Å². The molecule has 0 radical (unpaired) electrons. The van der Waals surface area contributed by atoms with E-state index in [1.54, 1.807) is 0 Å². The van der Waals surface area contributed by atoms with Crippen LogP contribution in [0.1, 0.15) is 17.9 Å². The highest BCUT2D eigenvalue weighted by molar-refractivity contribution is 5.41. The van der Waals surface area contributed by atoms with E-state index in [-0.39, 0.29) is 5.60 Å². The molecule has 98 valence electrons. The second-order valence-electron chi connectivity index (χ2n) is 5.17. The molecule has 3 heterocycles. The predicted octanol–water partition coefficient (Wildman–Crippen LogP) is 1.09. The van der Waals surface area contributed by atoms with Crippen LogP contribution in [0.2, 0.25) is 0 Å². The Hall–Kier alpha value is -1.20. The summed E-state index contributed by atoms with van der Waals surface area (Å²) >= 11 is 0. The summed E-state index contributed by atoms with van der Waals surface area (Å²) in [5.41, 5.74) is 0.895. The second-order valence-corrected chi connectivity index (χ2v) is 5.17. The van der Waals surface area contributed by atoms with Crippen molar-refractivity contribution in [1.29, 1.82) is 0 Å². The molecule has 1 aromatic rings. The molecule has 5 nitrogen and oxygen atoms in total. The summed E-state index contributed by atoms with van der Waals surface area (Å²) in [6, 6.07) is 2.04. The van der Waals surface area contributed by atoms with Gasteiger partial charge >= 0.3 is 0 Å². The number of anilines is 1. The quantitative estimate of drug-likeness (QED) is 0.745. The van der Waals surface area contributed by atoms with Crippen molar-refractivity contribution in [2.24, 2.45) is 0 Å². The van der Waals surface area contributed by atoms with Gasteiger partial charge in [0.15, 0.2) is 0 Å². The van der Waals surface area contributed by atoms with Gasteiger partial charge in [-0.1, -0.05) is 0 Å². The number of morpholine rings is 1. The Morgan fingerprint density at radius 2 is 2.17 bits per heavy atom.